The van der Waals surface area contributed by atoms with Crippen LogP contribution in [0, 0.1) is 0 Å². The van der Waals surface area contributed by atoms with Crippen molar-refractivity contribution in [1.82, 2.24) is 4.81 Å². The highest BCUT2D eigenvalue weighted by molar-refractivity contribution is 6.49. The Morgan fingerprint density at radius 3 is 2.21 bits per heavy atom. The fourth-order valence-corrected chi connectivity index (χ4v) is 1.97. The molecule has 1 aliphatic rings. The van der Waals surface area contributed by atoms with E-state index in [4.69, 9.17) is 4.65 Å². The van der Waals surface area contributed by atoms with Crippen molar-refractivity contribution in [3.8, 4) is 0 Å². The zero-order valence-electron chi connectivity index (χ0n) is 9.80. The van der Waals surface area contributed by atoms with Gasteiger partial charge < -0.3 is 9.47 Å². The molecule has 0 atom stereocenters. The van der Waals surface area contributed by atoms with Crippen molar-refractivity contribution in [2.45, 2.75) is 52.3 Å². The summed E-state index contributed by atoms with van der Waals surface area (Å²) in [7, 11) is 0.438. The molecule has 1 rings (SSSR count). The molecule has 0 aromatic heterocycles. The third-order valence-corrected chi connectivity index (χ3v) is 2.91. The average Bonchev–Trinajstić information content (AvgIpc) is 2.71. The van der Waals surface area contributed by atoms with Gasteiger partial charge in [0.05, 0.1) is 0 Å². The molecule has 82 valence electrons. The molecule has 3 heteroatoms. The van der Waals surface area contributed by atoms with Gasteiger partial charge in [-0.2, -0.15) is 0 Å². The fraction of sp³-hybridized carbons (Fsp3) is 1.00. The molecule has 0 radical (unpaired) electrons. The number of unbranched alkanes of at least 4 members (excludes halogenated alkanes) is 2. The summed E-state index contributed by atoms with van der Waals surface area (Å²) in [5.41, 5.74) is 0. The predicted molar refractivity (Wildman–Crippen MR) is 62.5 cm³/mol. The first-order valence-electron chi connectivity index (χ1n) is 6.24. The van der Waals surface area contributed by atoms with Crippen LogP contribution in [0.5, 0.6) is 0 Å². The van der Waals surface area contributed by atoms with Gasteiger partial charge in [-0.3, -0.25) is 0 Å². The Kier molecular flexibility index (Phi) is 6.29. The average molecular weight is 197 g/mol. The highest BCUT2D eigenvalue weighted by Gasteiger charge is 2.27. The summed E-state index contributed by atoms with van der Waals surface area (Å²) in [4.78, 5) is 2.54. The molecule has 0 aromatic carbocycles. The van der Waals surface area contributed by atoms with Gasteiger partial charge in [0, 0.05) is 6.61 Å². The molecule has 1 saturated heterocycles. The molecule has 0 N–H and O–H groups in total. The van der Waals surface area contributed by atoms with E-state index >= 15 is 0 Å². The third-order valence-electron chi connectivity index (χ3n) is 2.91. The normalized spacial score (nSPS) is 16.9. The Hall–Kier alpha value is -0.0151. The molecule has 1 fully saturated rings. The Bertz CT molecular complexity index is 129. The van der Waals surface area contributed by atoms with E-state index in [0.29, 0.717) is 7.05 Å². The Morgan fingerprint density at radius 1 is 1.14 bits per heavy atom. The topological polar surface area (TPSA) is 12.5 Å². The smallest absolute Gasteiger partial charge is 0.382 e. The summed E-state index contributed by atoms with van der Waals surface area (Å²) in [6.45, 7) is 7.93. The van der Waals surface area contributed by atoms with Crippen molar-refractivity contribution in [2.75, 3.05) is 19.7 Å². The molecule has 2 nitrogen and oxygen atoms in total. The molecule has 14 heavy (non-hydrogen) atoms. The first kappa shape index (κ1) is 12.1. The van der Waals surface area contributed by atoms with Crippen LogP contribution in [-0.2, 0) is 4.65 Å². The number of rotatable bonds is 7. The van der Waals surface area contributed by atoms with Gasteiger partial charge in [0.1, 0.15) is 0 Å². The van der Waals surface area contributed by atoms with Crippen LogP contribution in [0.25, 0.3) is 0 Å². The summed E-state index contributed by atoms with van der Waals surface area (Å²) >= 11 is 0. The van der Waals surface area contributed by atoms with Gasteiger partial charge in [0.15, 0.2) is 0 Å². The van der Waals surface area contributed by atoms with E-state index in [1.807, 2.05) is 0 Å². The van der Waals surface area contributed by atoms with E-state index < -0.39 is 0 Å². The molecule has 0 amide bonds. The number of hydrogen-bond donors (Lipinski definition) is 0. The van der Waals surface area contributed by atoms with Crippen molar-refractivity contribution in [3.63, 3.8) is 0 Å². The molecular weight excluding hydrogens is 173 g/mol. The van der Waals surface area contributed by atoms with Crippen LogP contribution >= 0.6 is 0 Å². The lowest BCUT2D eigenvalue weighted by atomic mass is 9.76. The van der Waals surface area contributed by atoms with Crippen LogP contribution < -0.4 is 0 Å². The summed E-state index contributed by atoms with van der Waals surface area (Å²) in [5.74, 6) is 0. The van der Waals surface area contributed by atoms with Gasteiger partial charge in [0.2, 0.25) is 0 Å². The van der Waals surface area contributed by atoms with E-state index in [1.165, 1.54) is 51.5 Å². The molecule has 0 unspecified atom stereocenters. The summed E-state index contributed by atoms with van der Waals surface area (Å²) in [6, 6.07) is 0. The maximum absolute atomic E-state index is 5.74. The lowest BCUT2D eigenvalue weighted by Gasteiger charge is -2.24. The van der Waals surface area contributed by atoms with Crippen molar-refractivity contribution < 1.29 is 4.65 Å². The second-order valence-corrected chi connectivity index (χ2v) is 4.21. The molecule has 0 spiro atoms. The second-order valence-electron chi connectivity index (χ2n) is 4.21. The summed E-state index contributed by atoms with van der Waals surface area (Å²) in [6.07, 6.45) is 7.69. The molecular formula is C11H24BNO. The highest BCUT2D eigenvalue weighted by Crippen LogP contribution is 2.15. The molecule has 0 saturated carbocycles. The molecule has 0 bridgehead atoms. The van der Waals surface area contributed by atoms with Crippen LogP contribution in [0.15, 0.2) is 0 Å². The van der Waals surface area contributed by atoms with E-state index in [1.54, 1.807) is 0 Å². The Morgan fingerprint density at radius 2 is 1.79 bits per heavy atom. The van der Waals surface area contributed by atoms with Crippen LogP contribution in [0.2, 0.25) is 6.32 Å². The highest BCUT2D eigenvalue weighted by atomic mass is 16.4. The third kappa shape index (κ3) is 4.01. The standard InChI is InChI=1S/C11H24BNO/c1-3-5-9-13(10-6-4-2)12-8-7-11-14-12/h3-11H2,1-2H3. The van der Waals surface area contributed by atoms with E-state index in [0.717, 1.165) is 6.61 Å². The number of nitrogens with zero attached hydrogens (tertiary/aromatic N) is 1. The summed E-state index contributed by atoms with van der Waals surface area (Å²) < 4.78 is 5.74. The van der Waals surface area contributed by atoms with E-state index in [9.17, 15) is 0 Å². The first-order chi connectivity index (χ1) is 6.88. The van der Waals surface area contributed by atoms with Crippen molar-refractivity contribution in [2.24, 2.45) is 0 Å². The minimum absolute atomic E-state index is 0.438. The lowest BCUT2D eigenvalue weighted by molar-refractivity contribution is 0.288. The zero-order valence-corrected chi connectivity index (χ0v) is 9.80. The first-order valence-corrected chi connectivity index (χ1v) is 6.24. The fourth-order valence-electron chi connectivity index (χ4n) is 1.97. The molecule has 0 aliphatic carbocycles. The molecule has 0 aromatic rings. The van der Waals surface area contributed by atoms with Crippen molar-refractivity contribution in [1.29, 1.82) is 0 Å². The van der Waals surface area contributed by atoms with Gasteiger partial charge in [-0.05, 0) is 38.7 Å². The van der Waals surface area contributed by atoms with E-state index in [-0.39, 0.29) is 0 Å². The minimum Gasteiger partial charge on any atom is -0.421 e. The molecule has 1 aliphatic heterocycles. The number of hydrogen-bond acceptors (Lipinski definition) is 2. The van der Waals surface area contributed by atoms with Crippen molar-refractivity contribution >= 4 is 7.05 Å². The van der Waals surface area contributed by atoms with Gasteiger partial charge in [-0.25, -0.2) is 0 Å². The molecule has 1 heterocycles. The van der Waals surface area contributed by atoms with Crippen LogP contribution in [0.1, 0.15) is 46.0 Å². The van der Waals surface area contributed by atoms with Gasteiger partial charge >= 0.3 is 7.05 Å². The maximum Gasteiger partial charge on any atom is 0.382 e. The largest absolute Gasteiger partial charge is 0.421 e. The van der Waals surface area contributed by atoms with Crippen LogP contribution in [-0.4, -0.2) is 31.6 Å². The monoisotopic (exact) mass is 197 g/mol. The van der Waals surface area contributed by atoms with Crippen LogP contribution in [0.4, 0.5) is 0 Å². The SMILES string of the molecule is CCCCN(CCCC)B1CCCO1. The second kappa shape index (κ2) is 7.30. The maximum atomic E-state index is 5.74. The van der Waals surface area contributed by atoms with Crippen LogP contribution in [0.3, 0.4) is 0 Å². The lowest BCUT2D eigenvalue weighted by Crippen LogP contribution is -2.40. The summed E-state index contributed by atoms with van der Waals surface area (Å²) in [5, 5.41) is 0. The quantitative estimate of drug-likeness (QED) is 0.582. The van der Waals surface area contributed by atoms with Gasteiger partial charge in [-0.1, -0.05) is 26.7 Å². The Labute approximate surface area is 89.1 Å². The zero-order chi connectivity index (χ0) is 10.2. The van der Waals surface area contributed by atoms with Gasteiger partial charge in [-0.15, -0.1) is 0 Å². The Balaban J connectivity index is 2.26. The minimum atomic E-state index is 0.438. The van der Waals surface area contributed by atoms with Gasteiger partial charge in [0.25, 0.3) is 0 Å². The van der Waals surface area contributed by atoms with E-state index in [2.05, 4.69) is 18.7 Å². The van der Waals surface area contributed by atoms with Crippen molar-refractivity contribution in [3.05, 3.63) is 0 Å². The predicted octanol–water partition coefficient (Wildman–Crippen LogP) is 2.80.